The minimum absolute atomic E-state index is 0.374. The largest absolute Gasteiger partial charge is 0.452 e. The number of methoxy groups -OCH3 is 1. The van der Waals surface area contributed by atoms with E-state index in [4.69, 9.17) is 0 Å². The highest BCUT2D eigenvalue weighted by Gasteiger charge is 2.25. The van der Waals surface area contributed by atoms with Crippen LogP contribution in [0.3, 0.4) is 0 Å². The molecule has 1 heterocycles. The lowest BCUT2D eigenvalue weighted by Crippen LogP contribution is -2.54. The van der Waals surface area contributed by atoms with Crippen molar-refractivity contribution in [1.82, 2.24) is 10.4 Å². The molecule has 0 saturated carbocycles. The van der Waals surface area contributed by atoms with Crippen LogP contribution in [-0.2, 0) is 4.74 Å². The molecular weight excluding hydrogens is 168 g/mol. The number of hydrogen-bond acceptors (Lipinski definition) is 3. The number of piperidine rings is 1. The van der Waals surface area contributed by atoms with Gasteiger partial charge in [0.05, 0.1) is 7.11 Å². The maximum atomic E-state index is 11.0. The zero-order chi connectivity index (χ0) is 9.84. The van der Waals surface area contributed by atoms with Gasteiger partial charge in [-0.05, 0) is 26.7 Å². The molecule has 0 aromatic rings. The molecule has 0 aliphatic carbocycles. The number of nitrogens with zero attached hydrogens (tertiary/aromatic N) is 1. The summed E-state index contributed by atoms with van der Waals surface area (Å²) in [5.41, 5.74) is 2.74. The van der Waals surface area contributed by atoms with E-state index in [1.807, 2.05) is 5.01 Å². The summed E-state index contributed by atoms with van der Waals surface area (Å²) < 4.78 is 4.56. The summed E-state index contributed by atoms with van der Waals surface area (Å²) in [7, 11) is 1.38. The van der Waals surface area contributed by atoms with Crippen molar-refractivity contribution in [2.24, 2.45) is 0 Å². The molecule has 76 valence electrons. The lowest BCUT2D eigenvalue weighted by molar-refractivity contribution is 0.0413. The van der Waals surface area contributed by atoms with Gasteiger partial charge in [-0.2, -0.15) is 0 Å². The van der Waals surface area contributed by atoms with Gasteiger partial charge in [0.1, 0.15) is 0 Å². The van der Waals surface area contributed by atoms with Crippen LogP contribution in [0.5, 0.6) is 0 Å². The number of carbonyl (C=O) groups is 1. The fraction of sp³-hybridized carbons (Fsp3) is 0.889. The Hall–Kier alpha value is -0.770. The zero-order valence-corrected chi connectivity index (χ0v) is 8.54. The van der Waals surface area contributed by atoms with E-state index >= 15 is 0 Å². The zero-order valence-electron chi connectivity index (χ0n) is 8.54. The fourth-order valence-corrected chi connectivity index (χ4v) is 1.79. The first kappa shape index (κ1) is 10.3. The Kier molecular flexibility index (Phi) is 3.54. The van der Waals surface area contributed by atoms with E-state index in [9.17, 15) is 4.79 Å². The number of carbonyl (C=O) groups excluding carboxylic acids is 1. The van der Waals surface area contributed by atoms with Gasteiger partial charge in [-0.1, -0.05) is 6.42 Å². The molecule has 0 aromatic heterocycles. The number of rotatable bonds is 1. The molecule has 13 heavy (non-hydrogen) atoms. The van der Waals surface area contributed by atoms with Crippen molar-refractivity contribution in [1.29, 1.82) is 0 Å². The number of nitrogens with one attached hydrogen (secondary N) is 1. The smallest absolute Gasteiger partial charge is 0.421 e. The molecule has 0 aromatic carbocycles. The standard InChI is InChI=1S/C9H18N2O2/c1-7-5-4-6-8(2)11(7)10-9(12)13-3/h7-8H,4-6H2,1-3H3,(H,10,12). The summed E-state index contributed by atoms with van der Waals surface area (Å²) in [6, 6.07) is 0.811. The van der Waals surface area contributed by atoms with Gasteiger partial charge in [0, 0.05) is 12.1 Å². The molecule has 2 atom stereocenters. The molecule has 1 rings (SSSR count). The third-order valence-corrected chi connectivity index (χ3v) is 2.60. The number of ether oxygens (including phenoxy) is 1. The van der Waals surface area contributed by atoms with Crippen molar-refractivity contribution in [3.63, 3.8) is 0 Å². The SMILES string of the molecule is COC(=O)NN1C(C)CCCC1C. The molecule has 1 N–H and O–H groups in total. The molecule has 4 heteroatoms. The van der Waals surface area contributed by atoms with E-state index in [-0.39, 0.29) is 6.09 Å². The molecule has 1 saturated heterocycles. The molecule has 1 amide bonds. The van der Waals surface area contributed by atoms with Gasteiger partial charge in [0.15, 0.2) is 0 Å². The Morgan fingerprint density at radius 2 is 1.92 bits per heavy atom. The Balaban J connectivity index is 2.48. The van der Waals surface area contributed by atoms with Gasteiger partial charge in [0.2, 0.25) is 0 Å². The summed E-state index contributed by atoms with van der Waals surface area (Å²) in [5.74, 6) is 0. The first-order valence-electron chi connectivity index (χ1n) is 4.78. The topological polar surface area (TPSA) is 41.6 Å². The van der Waals surface area contributed by atoms with E-state index in [2.05, 4.69) is 24.0 Å². The molecule has 0 bridgehead atoms. The van der Waals surface area contributed by atoms with E-state index in [1.54, 1.807) is 0 Å². The van der Waals surface area contributed by atoms with Crippen molar-refractivity contribution >= 4 is 6.09 Å². The van der Waals surface area contributed by atoms with E-state index < -0.39 is 0 Å². The second-order valence-corrected chi connectivity index (χ2v) is 3.64. The first-order valence-corrected chi connectivity index (χ1v) is 4.78. The normalized spacial score (nSPS) is 29.8. The van der Waals surface area contributed by atoms with Crippen molar-refractivity contribution in [3.05, 3.63) is 0 Å². The minimum atomic E-state index is -0.374. The maximum Gasteiger partial charge on any atom is 0.421 e. The second-order valence-electron chi connectivity index (χ2n) is 3.64. The quantitative estimate of drug-likeness (QED) is 0.675. The fourth-order valence-electron chi connectivity index (χ4n) is 1.79. The highest BCUT2D eigenvalue weighted by atomic mass is 16.5. The van der Waals surface area contributed by atoms with Crippen molar-refractivity contribution < 1.29 is 9.53 Å². The highest BCUT2D eigenvalue weighted by Crippen LogP contribution is 2.19. The van der Waals surface area contributed by atoms with E-state index in [0.717, 1.165) is 12.8 Å². The lowest BCUT2D eigenvalue weighted by atomic mass is 10.00. The summed E-state index contributed by atoms with van der Waals surface area (Å²) in [6.07, 6.45) is 3.13. The maximum absolute atomic E-state index is 11.0. The minimum Gasteiger partial charge on any atom is -0.452 e. The van der Waals surface area contributed by atoms with Crippen LogP contribution in [0.25, 0.3) is 0 Å². The summed E-state index contributed by atoms with van der Waals surface area (Å²) in [4.78, 5) is 11.0. The monoisotopic (exact) mass is 186 g/mol. The average molecular weight is 186 g/mol. The van der Waals surface area contributed by atoms with Gasteiger partial charge < -0.3 is 4.74 Å². The van der Waals surface area contributed by atoms with Gasteiger partial charge >= 0.3 is 6.09 Å². The lowest BCUT2D eigenvalue weighted by Gasteiger charge is -2.38. The van der Waals surface area contributed by atoms with Crippen LogP contribution in [0.4, 0.5) is 4.79 Å². The van der Waals surface area contributed by atoms with Gasteiger partial charge in [0.25, 0.3) is 0 Å². The molecule has 2 unspecified atom stereocenters. The summed E-state index contributed by atoms with van der Waals surface area (Å²) in [6.45, 7) is 4.23. The van der Waals surface area contributed by atoms with E-state index in [0.29, 0.717) is 12.1 Å². The van der Waals surface area contributed by atoms with Crippen LogP contribution in [0.15, 0.2) is 0 Å². The number of hydrogen-bond donors (Lipinski definition) is 1. The van der Waals surface area contributed by atoms with Gasteiger partial charge in [-0.3, -0.25) is 5.43 Å². The second kappa shape index (κ2) is 4.46. The summed E-state index contributed by atoms with van der Waals surface area (Å²) >= 11 is 0. The molecule has 1 aliphatic heterocycles. The molecule has 1 aliphatic rings. The first-order chi connectivity index (χ1) is 6.15. The van der Waals surface area contributed by atoms with Crippen LogP contribution in [-0.4, -0.2) is 30.3 Å². The highest BCUT2D eigenvalue weighted by molar-refractivity contribution is 5.66. The molecule has 0 spiro atoms. The van der Waals surface area contributed by atoms with Crippen LogP contribution in [0.1, 0.15) is 33.1 Å². The predicted octanol–water partition coefficient (Wildman–Crippen LogP) is 1.52. The third kappa shape index (κ3) is 2.59. The Bertz CT molecular complexity index is 174. The molecule has 1 fully saturated rings. The van der Waals surface area contributed by atoms with E-state index in [1.165, 1.54) is 13.5 Å². The molecular formula is C9H18N2O2. The van der Waals surface area contributed by atoms with Gasteiger partial charge in [-0.15, -0.1) is 0 Å². The van der Waals surface area contributed by atoms with Crippen molar-refractivity contribution in [3.8, 4) is 0 Å². The molecule has 4 nitrogen and oxygen atoms in total. The number of amides is 1. The number of hydrazine groups is 1. The Morgan fingerprint density at radius 1 is 1.38 bits per heavy atom. The average Bonchev–Trinajstić information content (AvgIpc) is 2.11. The van der Waals surface area contributed by atoms with Crippen LogP contribution in [0.2, 0.25) is 0 Å². The Morgan fingerprint density at radius 3 is 2.38 bits per heavy atom. The molecule has 0 radical (unpaired) electrons. The van der Waals surface area contributed by atoms with Gasteiger partial charge in [-0.25, -0.2) is 9.80 Å². The van der Waals surface area contributed by atoms with Crippen molar-refractivity contribution in [2.75, 3.05) is 7.11 Å². The van der Waals surface area contributed by atoms with Crippen molar-refractivity contribution in [2.45, 2.75) is 45.2 Å². The Labute approximate surface area is 79.2 Å². The summed E-state index contributed by atoms with van der Waals surface area (Å²) in [5, 5.41) is 1.98. The third-order valence-electron chi connectivity index (χ3n) is 2.60. The predicted molar refractivity (Wildman–Crippen MR) is 50.2 cm³/mol. The van der Waals surface area contributed by atoms with Crippen LogP contribution in [0, 0.1) is 0 Å². The van der Waals surface area contributed by atoms with Crippen LogP contribution >= 0.6 is 0 Å². The van der Waals surface area contributed by atoms with Crippen LogP contribution < -0.4 is 5.43 Å².